The highest BCUT2D eigenvalue weighted by Gasteiger charge is 2.18. The zero-order chi connectivity index (χ0) is 25.6. The van der Waals surface area contributed by atoms with Crippen LogP contribution in [0.25, 0.3) is 0 Å². The van der Waals surface area contributed by atoms with Crippen molar-refractivity contribution in [2.45, 2.75) is 32.7 Å². The summed E-state index contributed by atoms with van der Waals surface area (Å²) >= 11 is 5.92. The van der Waals surface area contributed by atoms with E-state index >= 15 is 0 Å². The molecule has 0 atom stereocenters. The normalized spacial score (nSPS) is 11.7. The molecule has 35 heavy (non-hydrogen) atoms. The van der Waals surface area contributed by atoms with Crippen LogP contribution in [-0.2, 0) is 22.0 Å². The maximum absolute atomic E-state index is 12.5. The average Bonchev–Trinajstić information content (AvgIpc) is 2.80. The smallest absolute Gasteiger partial charge is 0.251 e. The summed E-state index contributed by atoms with van der Waals surface area (Å²) in [6.45, 7) is 7.33. The predicted molar refractivity (Wildman–Crippen MR) is 142 cm³/mol. The third-order valence-electron chi connectivity index (χ3n) is 5.43. The molecule has 3 rings (SSSR count). The number of sulfonamides is 1. The third kappa shape index (κ3) is 7.73. The van der Waals surface area contributed by atoms with E-state index in [0.29, 0.717) is 29.4 Å². The van der Waals surface area contributed by atoms with Crippen LogP contribution in [0.1, 0.15) is 42.3 Å². The Balaban J connectivity index is 1.53. The maximum atomic E-state index is 12.5. The number of anilines is 1. The monoisotopic (exact) mass is 514 g/mol. The molecule has 8 heteroatoms. The summed E-state index contributed by atoms with van der Waals surface area (Å²) in [5, 5.41) is 3.37. The van der Waals surface area contributed by atoms with Crippen molar-refractivity contribution in [2.75, 3.05) is 23.7 Å². The lowest BCUT2D eigenvalue weighted by atomic mass is 9.87. The molecule has 0 fully saturated rings. The lowest BCUT2D eigenvalue weighted by molar-refractivity contribution is 0.0947. The van der Waals surface area contributed by atoms with Crippen LogP contribution in [0.4, 0.5) is 5.69 Å². The summed E-state index contributed by atoms with van der Waals surface area (Å²) in [4.78, 5) is 12.5. The van der Waals surface area contributed by atoms with Crippen LogP contribution in [0, 0.1) is 0 Å². The second kappa shape index (κ2) is 11.1. The van der Waals surface area contributed by atoms with E-state index in [0.717, 1.165) is 17.6 Å². The maximum Gasteiger partial charge on any atom is 0.251 e. The molecule has 0 aliphatic heterocycles. The van der Waals surface area contributed by atoms with E-state index in [1.54, 1.807) is 48.5 Å². The van der Waals surface area contributed by atoms with Gasteiger partial charge in [0, 0.05) is 10.6 Å². The topological polar surface area (TPSA) is 75.7 Å². The van der Waals surface area contributed by atoms with E-state index in [-0.39, 0.29) is 17.9 Å². The van der Waals surface area contributed by atoms with E-state index < -0.39 is 10.0 Å². The van der Waals surface area contributed by atoms with Gasteiger partial charge in [0.1, 0.15) is 12.4 Å². The van der Waals surface area contributed by atoms with E-state index in [4.69, 9.17) is 16.3 Å². The van der Waals surface area contributed by atoms with Crippen molar-refractivity contribution in [2.24, 2.45) is 0 Å². The largest absolute Gasteiger partial charge is 0.492 e. The number of ether oxygens (including phenoxy) is 1. The summed E-state index contributed by atoms with van der Waals surface area (Å²) in [7, 11) is -3.51. The van der Waals surface area contributed by atoms with Gasteiger partial charge in [-0.15, -0.1) is 0 Å². The number of hydrogen-bond acceptors (Lipinski definition) is 4. The van der Waals surface area contributed by atoms with Crippen LogP contribution in [0.15, 0.2) is 72.8 Å². The molecule has 1 N–H and O–H groups in total. The molecule has 0 saturated heterocycles. The molecule has 0 aliphatic carbocycles. The molecule has 186 valence electrons. The Morgan fingerprint density at radius 1 is 0.943 bits per heavy atom. The fourth-order valence-corrected chi connectivity index (χ4v) is 4.44. The Kier molecular flexibility index (Phi) is 8.46. The second-order valence-electron chi connectivity index (χ2n) is 9.32. The number of amides is 1. The molecule has 0 bridgehead atoms. The zero-order valence-electron chi connectivity index (χ0n) is 20.4. The number of nitrogens with one attached hydrogen (secondary N) is 1. The molecule has 0 spiro atoms. The molecule has 0 saturated carbocycles. The molecule has 1 amide bonds. The van der Waals surface area contributed by atoms with Gasteiger partial charge in [0.2, 0.25) is 10.0 Å². The molecule has 3 aromatic rings. The molecule has 0 aliphatic rings. The Labute approximate surface area is 212 Å². The third-order valence-corrected chi connectivity index (χ3v) is 6.83. The highest BCUT2D eigenvalue weighted by molar-refractivity contribution is 7.92. The fourth-order valence-electron chi connectivity index (χ4n) is 3.42. The quantitative estimate of drug-likeness (QED) is 0.387. The van der Waals surface area contributed by atoms with Crippen molar-refractivity contribution in [3.63, 3.8) is 0 Å². The van der Waals surface area contributed by atoms with E-state index in [9.17, 15) is 13.2 Å². The van der Waals surface area contributed by atoms with Gasteiger partial charge in [-0.3, -0.25) is 9.10 Å². The van der Waals surface area contributed by atoms with Gasteiger partial charge in [-0.1, -0.05) is 56.6 Å². The molecule has 6 nitrogen and oxygen atoms in total. The number of rotatable bonds is 9. The van der Waals surface area contributed by atoms with E-state index in [2.05, 4.69) is 26.1 Å². The van der Waals surface area contributed by atoms with Crippen LogP contribution in [-0.4, -0.2) is 33.7 Å². The number of hydrogen-bond donors (Lipinski definition) is 1. The summed E-state index contributed by atoms with van der Waals surface area (Å²) in [5.41, 5.74) is 3.08. The molecule has 0 aromatic heterocycles. The number of carbonyl (C=O) groups is 1. The molecule has 0 radical (unpaired) electrons. The molecule has 3 aromatic carbocycles. The Bertz CT molecular complexity index is 1230. The standard InChI is InChI=1S/C27H31ClN2O4S/c1-27(2,3)22-9-15-25(16-10-22)34-18-17-29-26(31)21-7-5-20(6-8-21)19-30(35(4,32)33)24-13-11-23(28)12-14-24/h5-16H,17-19H2,1-4H3,(H,29,31). The molecule has 0 heterocycles. The van der Waals surface area contributed by atoms with Crippen molar-refractivity contribution in [1.82, 2.24) is 5.32 Å². The van der Waals surface area contributed by atoms with Gasteiger partial charge in [-0.05, 0) is 65.1 Å². The van der Waals surface area contributed by atoms with Crippen molar-refractivity contribution in [1.29, 1.82) is 0 Å². The first kappa shape index (κ1) is 26.6. The SMILES string of the molecule is CC(C)(C)c1ccc(OCCNC(=O)c2ccc(CN(c3ccc(Cl)cc3)S(C)(=O)=O)cc2)cc1. The van der Waals surface area contributed by atoms with Crippen LogP contribution >= 0.6 is 11.6 Å². The first-order chi connectivity index (χ1) is 16.4. The lowest BCUT2D eigenvalue weighted by Gasteiger charge is -2.22. The Morgan fingerprint density at radius 3 is 2.09 bits per heavy atom. The van der Waals surface area contributed by atoms with Gasteiger partial charge < -0.3 is 10.1 Å². The van der Waals surface area contributed by atoms with Crippen LogP contribution in [0.3, 0.4) is 0 Å². The number of halogens is 1. The van der Waals surface area contributed by atoms with Gasteiger partial charge in [0.25, 0.3) is 5.91 Å². The van der Waals surface area contributed by atoms with Gasteiger partial charge in [0.05, 0.1) is 25.0 Å². The van der Waals surface area contributed by atoms with Crippen molar-refractivity contribution in [3.8, 4) is 5.75 Å². The van der Waals surface area contributed by atoms with E-state index in [1.807, 2.05) is 24.3 Å². The predicted octanol–water partition coefficient (Wildman–Crippen LogP) is 5.41. The van der Waals surface area contributed by atoms with Gasteiger partial charge in [-0.25, -0.2) is 8.42 Å². The summed E-state index contributed by atoms with van der Waals surface area (Å²) in [5.74, 6) is 0.536. The summed E-state index contributed by atoms with van der Waals surface area (Å²) in [6.07, 6.45) is 1.16. The highest BCUT2D eigenvalue weighted by atomic mass is 35.5. The molecule has 0 unspecified atom stereocenters. The van der Waals surface area contributed by atoms with Gasteiger partial charge >= 0.3 is 0 Å². The molecular weight excluding hydrogens is 484 g/mol. The zero-order valence-corrected chi connectivity index (χ0v) is 22.0. The van der Waals surface area contributed by atoms with Gasteiger partial charge in [-0.2, -0.15) is 0 Å². The number of nitrogens with zero attached hydrogens (tertiary/aromatic N) is 1. The van der Waals surface area contributed by atoms with Gasteiger partial charge in [0.15, 0.2) is 0 Å². The first-order valence-corrected chi connectivity index (χ1v) is 13.5. The minimum absolute atomic E-state index is 0.0843. The Morgan fingerprint density at radius 2 is 1.54 bits per heavy atom. The highest BCUT2D eigenvalue weighted by Crippen LogP contribution is 2.24. The van der Waals surface area contributed by atoms with Crippen LogP contribution < -0.4 is 14.4 Å². The Hall–Kier alpha value is -3.03. The minimum Gasteiger partial charge on any atom is -0.492 e. The average molecular weight is 515 g/mol. The number of benzene rings is 3. The van der Waals surface area contributed by atoms with E-state index in [1.165, 1.54) is 9.87 Å². The minimum atomic E-state index is -3.51. The van der Waals surface area contributed by atoms with Crippen molar-refractivity contribution in [3.05, 3.63) is 94.5 Å². The first-order valence-electron chi connectivity index (χ1n) is 11.3. The number of carbonyl (C=O) groups excluding carboxylic acids is 1. The van der Waals surface area contributed by atoms with Crippen molar-refractivity contribution >= 4 is 33.2 Å². The molecular formula is C27H31ClN2O4S. The van der Waals surface area contributed by atoms with Crippen LogP contribution in [0.5, 0.6) is 5.75 Å². The summed E-state index contributed by atoms with van der Waals surface area (Å²) < 4.78 is 31.7. The summed E-state index contributed by atoms with van der Waals surface area (Å²) in [6, 6.07) is 21.4. The van der Waals surface area contributed by atoms with Crippen molar-refractivity contribution < 1.29 is 17.9 Å². The lowest BCUT2D eigenvalue weighted by Crippen LogP contribution is -2.29. The second-order valence-corrected chi connectivity index (χ2v) is 11.7. The van der Waals surface area contributed by atoms with Crippen LogP contribution in [0.2, 0.25) is 5.02 Å². The fraction of sp³-hybridized carbons (Fsp3) is 0.296.